The number of nitrogens with zero attached hydrogens (tertiary/aromatic N) is 5. The Hall–Kier alpha value is -3.36. The van der Waals surface area contributed by atoms with Gasteiger partial charge in [0.1, 0.15) is 12.1 Å². The van der Waals surface area contributed by atoms with E-state index in [1.807, 2.05) is 19.1 Å². The molecule has 4 rings (SSSR count). The first-order valence-electron chi connectivity index (χ1n) is 9.00. The molecule has 0 saturated heterocycles. The molecule has 9 nitrogen and oxygen atoms in total. The number of aryl methyl sites for hydroxylation is 1. The summed E-state index contributed by atoms with van der Waals surface area (Å²) in [5.74, 6) is 0.910. The zero-order valence-corrected chi connectivity index (χ0v) is 16.0. The minimum Gasteiger partial charge on any atom is -0.493 e. The molecule has 0 unspecified atom stereocenters. The van der Waals surface area contributed by atoms with Gasteiger partial charge in [0.2, 0.25) is 0 Å². The number of carboxylic acid groups (broad SMARTS) is 1. The Morgan fingerprint density at radius 1 is 1.21 bits per heavy atom. The summed E-state index contributed by atoms with van der Waals surface area (Å²) in [6.45, 7) is 3.74. The third-order valence-corrected chi connectivity index (χ3v) is 5.06. The molecular formula is C19H21N5O4. The van der Waals surface area contributed by atoms with E-state index in [0.29, 0.717) is 37.6 Å². The van der Waals surface area contributed by atoms with Gasteiger partial charge >= 0.3 is 5.97 Å². The summed E-state index contributed by atoms with van der Waals surface area (Å²) in [5, 5.41) is 14.6. The van der Waals surface area contributed by atoms with E-state index in [-0.39, 0.29) is 5.69 Å². The molecule has 0 fully saturated rings. The number of carbonyl (C=O) groups is 1. The minimum atomic E-state index is -1.01. The highest BCUT2D eigenvalue weighted by atomic mass is 16.5. The zero-order valence-electron chi connectivity index (χ0n) is 16.0. The van der Waals surface area contributed by atoms with Crippen molar-refractivity contribution in [1.82, 2.24) is 19.7 Å². The molecule has 0 radical (unpaired) electrons. The molecule has 3 heterocycles. The summed E-state index contributed by atoms with van der Waals surface area (Å²) in [4.78, 5) is 22.5. The molecule has 1 aliphatic heterocycles. The van der Waals surface area contributed by atoms with Crippen LogP contribution < -0.4 is 14.4 Å². The van der Waals surface area contributed by atoms with Gasteiger partial charge in [0.25, 0.3) is 0 Å². The Morgan fingerprint density at radius 3 is 2.64 bits per heavy atom. The number of methoxy groups -OCH3 is 2. The van der Waals surface area contributed by atoms with Crippen molar-refractivity contribution in [2.24, 2.45) is 0 Å². The zero-order chi connectivity index (χ0) is 19.8. The van der Waals surface area contributed by atoms with E-state index < -0.39 is 5.97 Å². The maximum absolute atomic E-state index is 11.7. The fourth-order valence-corrected chi connectivity index (χ4v) is 3.73. The maximum atomic E-state index is 11.7. The normalized spacial score (nSPS) is 13.5. The summed E-state index contributed by atoms with van der Waals surface area (Å²) >= 11 is 0. The van der Waals surface area contributed by atoms with Gasteiger partial charge in [-0.1, -0.05) is 0 Å². The van der Waals surface area contributed by atoms with Gasteiger partial charge in [0, 0.05) is 48.8 Å². The molecule has 2 aromatic heterocycles. The number of benzene rings is 1. The number of ether oxygens (including phenoxy) is 2. The van der Waals surface area contributed by atoms with Crippen molar-refractivity contribution in [1.29, 1.82) is 0 Å². The van der Waals surface area contributed by atoms with Gasteiger partial charge in [-0.25, -0.2) is 14.8 Å². The summed E-state index contributed by atoms with van der Waals surface area (Å²) in [7, 11) is 3.16. The minimum absolute atomic E-state index is 0.110. The van der Waals surface area contributed by atoms with Crippen molar-refractivity contribution >= 4 is 22.7 Å². The Labute approximate surface area is 161 Å². The second kappa shape index (κ2) is 6.99. The average molecular weight is 383 g/mol. The standard InChI is InChI=1S/C19H21N5O4/c1-4-24-14-5-6-23(9-12(14)17(22-24)19(25)26)18-11-7-15(27-2)16(28-3)8-13(11)20-10-21-18/h7-8,10H,4-6,9H2,1-3H3,(H,25,26). The first kappa shape index (κ1) is 18.0. The van der Waals surface area contributed by atoms with E-state index in [0.717, 1.165) is 28.0 Å². The lowest BCUT2D eigenvalue weighted by atomic mass is 10.0. The quantitative estimate of drug-likeness (QED) is 0.715. The van der Waals surface area contributed by atoms with Gasteiger partial charge in [-0.05, 0) is 13.0 Å². The third kappa shape index (κ3) is 2.79. The number of aromatic carboxylic acids is 1. The molecule has 146 valence electrons. The van der Waals surface area contributed by atoms with Crippen LogP contribution in [0.5, 0.6) is 11.5 Å². The van der Waals surface area contributed by atoms with Crippen molar-refractivity contribution in [3.05, 3.63) is 35.4 Å². The molecule has 0 amide bonds. The van der Waals surface area contributed by atoms with Crippen LogP contribution in [0.4, 0.5) is 5.82 Å². The second-order valence-corrected chi connectivity index (χ2v) is 6.49. The number of anilines is 1. The fraction of sp³-hybridized carbons (Fsp3) is 0.368. The third-order valence-electron chi connectivity index (χ3n) is 5.06. The van der Waals surface area contributed by atoms with Gasteiger partial charge in [-0.3, -0.25) is 4.68 Å². The Balaban J connectivity index is 1.80. The lowest BCUT2D eigenvalue weighted by Crippen LogP contribution is -2.32. The number of fused-ring (bicyclic) bond motifs is 2. The van der Waals surface area contributed by atoms with Gasteiger partial charge in [-0.2, -0.15) is 5.10 Å². The molecule has 28 heavy (non-hydrogen) atoms. The van der Waals surface area contributed by atoms with Crippen molar-refractivity contribution in [3.8, 4) is 11.5 Å². The van der Waals surface area contributed by atoms with Crippen molar-refractivity contribution in [2.45, 2.75) is 26.4 Å². The molecule has 0 aliphatic carbocycles. The Bertz CT molecular complexity index is 1060. The van der Waals surface area contributed by atoms with Crippen LogP contribution in [0, 0.1) is 0 Å². The second-order valence-electron chi connectivity index (χ2n) is 6.49. The SMILES string of the molecule is CCn1nc(C(=O)O)c2c1CCN(c1ncnc3cc(OC)c(OC)cc13)C2. The molecule has 9 heteroatoms. The molecule has 0 bridgehead atoms. The first-order valence-corrected chi connectivity index (χ1v) is 9.00. The Kier molecular flexibility index (Phi) is 4.50. The van der Waals surface area contributed by atoms with Crippen LogP contribution in [0.15, 0.2) is 18.5 Å². The van der Waals surface area contributed by atoms with Gasteiger partial charge in [0.15, 0.2) is 17.2 Å². The van der Waals surface area contributed by atoms with Crippen LogP contribution >= 0.6 is 0 Å². The summed E-state index contributed by atoms with van der Waals surface area (Å²) < 4.78 is 12.6. The number of carboxylic acids is 1. The summed E-state index contributed by atoms with van der Waals surface area (Å²) in [6, 6.07) is 3.67. The number of hydrogen-bond acceptors (Lipinski definition) is 7. The molecule has 0 atom stereocenters. The molecule has 1 aliphatic rings. The Morgan fingerprint density at radius 2 is 1.96 bits per heavy atom. The van der Waals surface area contributed by atoms with E-state index in [2.05, 4.69) is 20.0 Å². The first-order chi connectivity index (χ1) is 13.6. The molecular weight excluding hydrogens is 362 g/mol. The fourth-order valence-electron chi connectivity index (χ4n) is 3.73. The molecule has 0 saturated carbocycles. The van der Waals surface area contributed by atoms with Crippen LogP contribution in [-0.2, 0) is 19.5 Å². The predicted octanol–water partition coefficient (Wildman–Crippen LogP) is 2.12. The summed E-state index contributed by atoms with van der Waals surface area (Å²) in [5.41, 5.74) is 2.57. The lowest BCUT2D eigenvalue weighted by Gasteiger charge is -2.29. The van der Waals surface area contributed by atoms with E-state index in [1.54, 1.807) is 18.9 Å². The highest BCUT2D eigenvalue weighted by Crippen LogP contribution is 2.36. The number of aromatic nitrogens is 4. The lowest BCUT2D eigenvalue weighted by molar-refractivity contribution is 0.0688. The monoisotopic (exact) mass is 383 g/mol. The van der Waals surface area contributed by atoms with Crippen LogP contribution in [-0.4, -0.2) is 51.6 Å². The molecule has 3 aromatic rings. The number of rotatable bonds is 5. The largest absolute Gasteiger partial charge is 0.493 e. The van der Waals surface area contributed by atoms with E-state index in [9.17, 15) is 9.90 Å². The van der Waals surface area contributed by atoms with Crippen LogP contribution in [0.2, 0.25) is 0 Å². The highest BCUT2D eigenvalue weighted by molar-refractivity contribution is 5.92. The van der Waals surface area contributed by atoms with E-state index in [4.69, 9.17) is 9.47 Å². The average Bonchev–Trinajstić information content (AvgIpc) is 3.10. The van der Waals surface area contributed by atoms with Gasteiger partial charge < -0.3 is 19.5 Å². The van der Waals surface area contributed by atoms with Crippen LogP contribution in [0.25, 0.3) is 10.9 Å². The van der Waals surface area contributed by atoms with Crippen LogP contribution in [0.3, 0.4) is 0 Å². The van der Waals surface area contributed by atoms with Crippen molar-refractivity contribution < 1.29 is 19.4 Å². The highest BCUT2D eigenvalue weighted by Gasteiger charge is 2.29. The topological polar surface area (TPSA) is 103 Å². The predicted molar refractivity (Wildman–Crippen MR) is 102 cm³/mol. The van der Waals surface area contributed by atoms with E-state index in [1.165, 1.54) is 6.33 Å². The molecule has 1 aromatic carbocycles. The smallest absolute Gasteiger partial charge is 0.356 e. The molecule has 0 spiro atoms. The number of hydrogen-bond donors (Lipinski definition) is 1. The van der Waals surface area contributed by atoms with E-state index >= 15 is 0 Å². The van der Waals surface area contributed by atoms with Crippen molar-refractivity contribution in [2.75, 3.05) is 25.7 Å². The maximum Gasteiger partial charge on any atom is 0.356 e. The van der Waals surface area contributed by atoms with Crippen molar-refractivity contribution in [3.63, 3.8) is 0 Å². The van der Waals surface area contributed by atoms with Gasteiger partial charge in [0.05, 0.1) is 19.7 Å². The van der Waals surface area contributed by atoms with Gasteiger partial charge in [-0.15, -0.1) is 0 Å². The molecule has 1 N–H and O–H groups in total. The summed E-state index contributed by atoms with van der Waals surface area (Å²) in [6.07, 6.45) is 2.20. The van der Waals surface area contributed by atoms with Crippen LogP contribution in [0.1, 0.15) is 28.7 Å².